The number of likely N-dealkylation sites (tertiary alicyclic amines) is 1. The SMILES string of the molecule is CC[C@H](C(=O)N1CCCC[C@H]1C(=O)O[C@H](CCc1ccc(OC)c(OC)c1)c1cccc(OCC(=O)NCCOCCNc2ccc3c(c2)C(=O)N(C2CCC(=O)NC2=O)C3=O)c1)c1cc(OC)c(OC)c(OC)c1. The highest BCUT2D eigenvalue weighted by Gasteiger charge is 2.45. The summed E-state index contributed by atoms with van der Waals surface area (Å²) < 4.78 is 45.7. The van der Waals surface area contributed by atoms with E-state index in [4.69, 9.17) is 37.9 Å². The molecule has 0 saturated carbocycles. The number of fused-ring (bicyclic) bond motifs is 1. The zero-order valence-electron chi connectivity index (χ0n) is 43.2. The Morgan fingerprint density at radius 3 is 2.19 bits per heavy atom. The van der Waals surface area contributed by atoms with Crippen LogP contribution in [0, 0.1) is 0 Å². The Hall–Kier alpha value is -7.87. The summed E-state index contributed by atoms with van der Waals surface area (Å²) in [6.45, 7) is 3.00. The van der Waals surface area contributed by atoms with E-state index < -0.39 is 53.7 Å². The number of piperidine rings is 2. The largest absolute Gasteiger partial charge is 0.493 e. The Labute approximate surface area is 435 Å². The molecule has 20 nitrogen and oxygen atoms in total. The molecule has 7 rings (SSSR count). The first-order chi connectivity index (χ1) is 36.3. The van der Waals surface area contributed by atoms with Gasteiger partial charge in [0.05, 0.1) is 65.8 Å². The number of carbonyl (C=O) groups is 7. The highest BCUT2D eigenvalue weighted by atomic mass is 16.5. The maximum absolute atomic E-state index is 14.5. The number of rotatable bonds is 25. The third-order valence-electron chi connectivity index (χ3n) is 13.4. The summed E-state index contributed by atoms with van der Waals surface area (Å²) in [6, 6.07) is 19.0. The minimum atomic E-state index is -1.05. The molecule has 4 aromatic carbocycles. The number of ether oxygens (including phenoxy) is 8. The molecule has 0 aliphatic carbocycles. The minimum Gasteiger partial charge on any atom is -0.493 e. The fraction of sp³-hybridized carbons (Fsp3) is 0.436. The van der Waals surface area contributed by atoms with Gasteiger partial charge in [-0.05, 0) is 116 Å². The number of hydrogen-bond acceptors (Lipinski definition) is 16. The molecule has 2 fully saturated rings. The number of imide groups is 2. The number of methoxy groups -OCH3 is 5. The van der Waals surface area contributed by atoms with Gasteiger partial charge in [0.1, 0.15) is 23.9 Å². The topological polar surface area (TPSA) is 236 Å². The Balaban J connectivity index is 0.936. The third-order valence-corrected chi connectivity index (χ3v) is 13.4. The normalized spacial score (nSPS) is 17.0. The molecule has 0 aromatic heterocycles. The van der Waals surface area contributed by atoms with Crippen LogP contribution in [0.1, 0.15) is 101 Å². The average Bonchev–Trinajstić information content (AvgIpc) is 3.67. The molecule has 6 amide bonds. The van der Waals surface area contributed by atoms with Crippen LogP contribution in [0.3, 0.4) is 0 Å². The minimum absolute atomic E-state index is 0.0335. The predicted octanol–water partition coefficient (Wildman–Crippen LogP) is 5.55. The van der Waals surface area contributed by atoms with Crippen molar-refractivity contribution in [2.45, 2.75) is 82.4 Å². The molecule has 4 aromatic rings. The molecule has 3 heterocycles. The van der Waals surface area contributed by atoms with Crippen molar-refractivity contribution in [1.29, 1.82) is 0 Å². The lowest BCUT2D eigenvalue weighted by Gasteiger charge is -2.37. The molecule has 1 unspecified atom stereocenters. The van der Waals surface area contributed by atoms with Gasteiger partial charge in [0.15, 0.2) is 29.6 Å². The predicted molar refractivity (Wildman–Crippen MR) is 273 cm³/mol. The number of anilines is 1. The number of nitrogens with zero attached hydrogens (tertiary/aromatic N) is 2. The van der Waals surface area contributed by atoms with E-state index in [9.17, 15) is 33.6 Å². The van der Waals surface area contributed by atoms with Crippen LogP contribution in [0.4, 0.5) is 5.69 Å². The number of hydrogen-bond donors (Lipinski definition) is 3. The Morgan fingerprint density at radius 1 is 0.747 bits per heavy atom. The quantitative estimate of drug-likeness (QED) is 0.0419. The van der Waals surface area contributed by atoms with E-state index in [0.29, 0.717) is 90.1 Å². The van der Waals surface area contributed by atoms with Crippen molar-refractivity contribution < 1.29 is 71.5 Å². The van der Waals surface area contributed by atoms with Gasteiger partial charge in [0.2, 0.25) is 23.5 Å². The molecule has 0 radical (unpaired) electrons. The second-order valence-corrected chi connectivity index (χ2v) is 18.1. The van der Waals surface area contributed by atoms with Gasteiger partial charge >= 0.3 is 5.97 Å². The van der Waals surface area contributed by atoms with Gasteiger partial charge in [-0.2, -0.15) is 0 Å². The van der Waals surface area contributed by atoms with Crippen LogP contribution in [0.2, 0.25) is 0 Å². The number of aryl methyl sites for hydroxylation is 1. The number of amides is 6. The van der Waals surface area contributed by atoms with Gasteiger partial charge in [0, 0.05) is 31.7 Å². The fourth-order valence-corrected chi connectivity index (χ4v) is 9.56. The van der Waals surface area contributed by atoms with Crippen molar-refractivity contribution >= 4 is 47.1 Å². The summed E-state index contributed by atoms with van der Waals surface area (Å²) >= 11 is 0. The zero-order chi connectivity index (χ0) is 53.6. The smallest absolute Gasteiger partial charge is 0.329 e. The first-order valence-corrected chi connectivity index (χ1v) is 25.0. The summed E-state index contributed by atoms with van der Waals surface area (Å²) in [5.74, 6) is -1.25. The van der Waals surface area contributed by atoms with Crippen LogP contribution in [-0.4, -0.2) is 138 Å². The average molecular weight is 1040 g/mol. The molecule has 75 heavy (non-hydrogen) atoms. The van der Waals surface area contributed by atoms with Crippen molar-refractivity contribution in [3.8, 4) is 34.5 Å². The van der Waals surface area contributed by atoms with E-state index >= 15 is 0 Å². The maximum atomic E-state index is 14.5. The molecular formula is C55H65N5O15. The molecule has 3 aliphatic rings. The molecule has 400 valence electrons. The molecule has 20 heteroatoms. The number of carbonyl (C=O) groups excluding carboxylic acids is 7. The number of esters is 1. The standard InChI is InChI=1S/C55H65N5O15/c1-7-38(35-29-46(70-4)50(72-6)47(30-35)71-5)52(64)59-24-9-8-13-42(59)55(67)75-43(19-14-33-15-20-44(68-2)45(27-33)69-3)34-11-10-12-37(28-34)74-32-49(62)57-23-26-73-25-22-56-36-16-17-39-40(31-36)54(66)60(53(39)65)41-18-21-48(61)58-51(41)63/h10-12,15-17,20,27-31,38,41-43,56H,7-9,13-14,18-19,21-26,32H2,1-6H3,(H,57,62)(H,58,61,63)/t38-,41?,42-,43+/m0/s1. The van der Waals surface area contributed by atoms with Gasteiger partial charge in [-0.3, -0.25) is 39.0 Å². The second-order valence-electron chi connectivity index (χ2n) is 18.1. The van der Waals surface area contributed by atoms with Crippen molar-refractivity contribution in [3.63, 3.8) is 0 Å². The lowest BCUT2D eigenvalue weighted by atomic mass is 9.91. The van der Waals surface area contributed by atoms with E-state index in [1.165, 1.54) is 27.4 Å². The van der Waals surface area contributed by atoms with Crippen LogP contribution >= 0.6 is 0 Å². The van der Waals surface area contributed by atoms with Crippen molar-refractivity contribution in [1.82, 2.24) is 20.4 Å². The van der Waals surface area contributed by atoms with E-state index in [1.807, 2.05) is 31.2 Å². The summed E-state index contributed by atoms with van der Waals surface area (Å²) in [5, 5.41) is 8.11. The van der Waals surface area contributed by atoms with E-state index in [2.05, 4.69) is 16.0 Å². The molecule has 3 aliphatic heterocycles. The zero-order valence-corrected chi connectivity index (χ0v) is 43.2. The lowest BCUT2D eigenvalue weighted by molar-refractivity contribution is -0.162. The highest BCUT2D eigenvalue weighted by molar-refractivity contribution is 6.23. The van der Waals surface area contributed by atoms with Crippen LogP contribution < -0.4 is 44.4 Å². The lowest BCUT2D eigenvalue weighted by Crippen LogP contribution is -2.54. The van der Waals surface area contributed by atoms with Crippen molar-refractivity contribution in [2.24, 2.45) is 0 Å². The second kappa shape index (κ2) is 25.9. The molecule has 0 bridgehead atoms. The number of nitrogens with one attached hydrogen (secondary N) is 3. The fourth-order valence-electron chi connectivity index (χ4n) is 9.56. The maximum Gasteiger partial charge on any atom is 0.329 e. The first-order valence-electron chi connectivity index (χ1n) is 25.0. The van der Waals surface area contributed by atoms with E-state index in [1.54, 1.807) is 61.6 Å². The summed E-state index contributed by atoms with van der Waals surface area (Å²) in [4.78, 5) is 94.6. The Bertz CT molecular complexity index is 2720. The summed E-state index contributed by atoms with van der Waals surface area (Å²) in [6.07, 6.45) is 2.53. The molecular weight excluding hydrogens is 971 g/mol. The van der Waals surface area contributed by atoms with Gasteiger partial charge in [0.25, 0.3) is 17.7 Å². The highest BCUT2D eigenvalue weighted by Crippen LogP contribution is 2.42. The third kappa shape index (κ3) is 13.1. The Morgan fingerprint density at radius 2 is 1.48 bits per heavy atom. The van der Waals surface area contributed by atoms with Gasteiger partial charge in [-0.1, -0.05) is 25.1 Å². The van der Waals surface area contributed by atoms with Crippen LogP contribution in [-0.2, 0) is 39.9 Å². The van der Waals surface area contributed by atoms with Crippen LogP contribution in [0.5, 0.6) is 34.5 Å². The van der Waals surface area contributed by atoms with Crippen molar-refractivity contribution in [3.05, 3.63) is 101 Å². The summed E-state index contributed by atoms with van der Waals surface area (Å²) in [7, 11) is 7.68. The van der Waals surface area contributed by atoms with Crippen LogP contribution in [0.15, 0.2) is 72.8 Å². The van der Waals surface area contributed by atoms with Crippen molar-refractivity contribution in [2.75, 3.05) is 80.3 Å². The molecule has 4 atom stereocenters. The van der Waals surface area contributed by atoms with Crippen LogP contribution in [0.25, 0.3) is 0 Å². The first kappa shape index (κ1) is 54.9. The Kier molecular flexibility index (Phi) is 18.9. The number of benzene rings is 4. The molecule has 0 spiro atoms. The summed E-state index contributed by atoms with van der Waals surface area (Å²) in [5.41, 5.74) is 3.13. The monoisotopic (exact) mass is 1040 g/mol. The van der Waals surface area contributed by atoms with E-state index in [-0.39, 0.29) is 62.1 Å². The van der Waals surface area contributed by atoms with E-state index in [0.717, 1.165) is 23.3 Å². The van der Waals surface area contributed by atoms with Gasteiger partial charge < -0.3 is 53.4 Å². The van der Waals surface area contributed by atoms with Gasteiger partial charge in [-0.25, -0.2) is 4.79 Å². The molecule has 3 N–H and O–H groups in total. The van der Waals surface area contributed by atoms with Gasteiger partial charge in [-0.15, -0.1) is 0 Å². The molecule has 2 saturated heterocycles.